The van der Waals surface area contributed by atoms with Gasteiger partial charge in [-0.1, -0.05) is 209 Å². The van der Waals surface area contributed by atoms with Gasteiger partial charge in [0, 0.05) is 134 Å². The molecule has 0 atom stereocenters. The van der Waals surface area contributed by atoms with E-state index in [2.05, 4.69) is 292 Å². The van der Waals surface area contributed by atoms with Crippen LogP contribution in [0.5, 0.6) is 0 Å². The van der Waals surface area contributed by atoms with E-state index in [4.69, 9.17) is 20.1 Å². The molecule has 0 amide bonds. The number of hydrogen-bond donors (Lipinski definition) is 4. The molecule has 6 N–H and O–H groups in total. The van der Waals surface area contributed by atoms with E-state index in [9.17, 15) is 29.1 Å². The first-order valence-corrected chi connectivity index (χ1v) is 48.1. The normalized spacial score (nSPS) is 11.2. The molecule has 698 valence electrons. The Labute approximate surface area is 820 Å². The van der Waals surface area contributed by atoms with E-state index in [1.165, 1.54) is 146 Å². The van der Waals surface area contributed by atoms with Gasteiger partial charge in [-0.3, -0.25) is 29.8 Å². The molecule has 0 saturated heterocycles. The number of hydrazine groups is 1. The van der Waals surface area contributed by atoms with Gasteiger partial charge in [0.25, 0.3) is 0 Å². The number of carboxylic acids is 1. The molecule has 0 aliphatic carbocycles. The van der Waals surface area contributed by atoms with Crippen LogP contribution in [-0.2, 0) is 70.5 Å². The minimum absolute atomic E-state index is 0. The molecule has 0 aliphatic heterocycles. The monoisotopic (exact) mass is 1920 g/mol. The number of H-pyrrole nitrogens is 1. The molecule has 22 heteroatoms. The molecular weight excluding hydrogens is 1780 g/mol. The van der Waals surface area contributed by atoms with Crippen LogP contribution in [0.2, 0.25) is 0 Å². The van der Waals surface area contributed by atoms with E-state index in [1.807, 2.05) is 65.8 Å². The summed E-state index contributed by atoms with van der Waals surface area (Å²) in [4.78, 5) is 72.5. The first-order valence-electron chi connectivity index (χ1n) is 43.5. The fourth-order valence-electron chi connectivity index (χ4n) is 14.3. The van der Waals surface area contributed by atoms with Crippen molar-refractivity contribution in [3.05, 3.63) is 273 Å². The summed E-state index contributed by atoms with van der Waals surface area (Å²) in [6.45, 7) is 62.1. The van der Waals surface area contributed by atoms with Crippen molar-refractivity contribution in [2.24, 2.45) is 27.5 Å². The maximum atomic E-state index is 12.6. The number of carbonyl (C=O) groups is 5. The van der Waals surface area contributed by atoms with Crippen molar-refractivity contribution in [1.82, 2.24) is 14.1 Å². The Morgan fingerprint density at radius 1 is 0.462 bits per heavy atom. The number of alkyl halides is 1. The molecule has 3 heterocycles. The Balaban J connectivity index is 0.000000424. The molecule has 130 heavy (non-hydrogen) atoms. The topological polar surface area (TPSA) is 227 Å². The minimum Gasteiger partial charge on any atom is -0.870 e. The van der Waals surface area contributed by atoms with Gasteiger partial charge >= 0.3 is 42.7 Å². The number of carbonyl (C=O) groups excluding carboxylic acids is 4. The van der Waals surface area contributed by atoms with Crippen LogP contribution in [0.1, 0.15) is 225 Å². The van der Waals surface area contributed by atoms with Gasteiger partial charge < -0.3 is 44.3 Å². The molecule has 0 fully saturated rings. The van der Waals surface area contributed by atoms with Crippen LogP contribution in [0, 0.1) is 77.0 Å². The van der Waals surface area contributed by atoms with Crippen LogP contribution in [0.15, 0.2) is 224 Å². The summed E-state index contributed by atoms with van der Waals surface area (Å²) in [7, 11) is 4.26. The second-order valence-corrected chi connectivity index (χ2v) is 41.5. The van der Waals surface area contributed by atoms with E-state index in [0.29, 0.717) is 61.8 Å². The Hall–Kier alpha value is -8.36. The van der Waals surface area contributed by atoms with Gasteiger partial charge in [0.15, 0.2) is 0 Å². The Morgan fingerprint density at radius 2 is 0.792 bits per heavy atom. The fourth-order valence-corrected chi connectivity index (χ4v) is 19.1. The number of Topliss-reactive ketones (excluding diaryl/α,β-unsaturated/α-hetero) is 1. The standard InChI is InChI=1S/C28H35NO2S.C27H33NO2S.C25H31NO2S.C16H22O3S.C9H14N2.C3H5Br.ClH.Li.H2O/c1-9-14-29-23-13-12-21(18(2)3)16-22(23)26(24(29)17-28(6,7)27(30)31-8)32-25-15-19(4)10-11-20(25)5;1-8-13-28-22-12-11-20(17(2)3)15-21(22)25(23(28)16-27(6,7)26(29)30)31-24-14-18(4)9-10-19(24)5;1-15(2)18-10-11-20-19(13-18)23(29-22-12-16(3)8-9-17(22)4)21(26-20)14-25(5,6)24(27)28-7;1-11-6-7-12(2)14(8-11)20-10-13(17)9-16(3,4)15(18)19-5;1-7(2)8-3-5-9(11-10)6-4-8;1-2-3-4;;;/h9-13,15-16,18H,1,14,17H2,2-8H3;8-12,14-15,17H,1,13,16H2,2-7H3,(H,29,30);8-13,15,26H,14H2,1-7H3;6-8H,9-10H2,1-5H3;3-7,11H,10H2,1-2H3;2H,1,3H2;1H;;1H2/q;;;;;;;+1;/p-1. The molecule has 15 nitrogen and oxygen atoms in total. The molecule has 0 aliphatic rings. The van der Waals surface area contributed by atoms with Crippen LogP contribution in [-0.4, -0.2) is 86.8 Å². The second-order valence-electron chi connectivity index (χ2n) is 36.7. The Kier molecular flexibility index (Phi) is 47.1. The number of esters is 3. The SMILES string of the molecule is C=CCBr.C=CCn1c(CC(C)(C)C(=O)O)c(Sc2cc(C)ccc2C)c2cc(C(C)C)ccc21.C=CCn1c(CC(C)(C)C(=O)OC)c(Sc2cc(C)ccc2C)c2cc(C(C)C)ccc21.CC(C)c1ccc(NN)cc1.COC(=O)C(C)(C)CC(=O)CSc1cc(C)ccc1C.COC(=O)C(C)(C)Cc1[nH]c2ccc(C(C)C)cc2c1Sc1cc(C)ccc1C.Cl.[Li+].[OH-]. The molecule has 3 aromatic heterocycles. The Morgan fingerprint density at radius 3 is 1.15 bits per heavy atom. The van der Waals surface area contributed by atoms with Crippen LogP contribution in [0.25, 0.3) is 32.7 Å². The van der Waals surface area contributed by atoms with Gasteiger partial charge in [-0.05, 0) is 268 Å². The predicted octanol–water partition coefficient (Wildman–Crippen LogP) is 26.1. The molecule has 11 rings (SSSR count). The van der Waals surface area contributed by atoms with Crippen molar-refractivity contribution in [3.63, 3.8) is 0 Å². The average molecular weight is 1920 g/mol. The number of hydrogen-bond acceptors (Lipinski definition) is 15. The molecule has 0 saturated carbocycles. The summed E-state index contributed by atoms with van der Waals surface area (Å²) in [5.74, 6) is 6.06. The van der Waals surface area contributed by atoms with E-state index < -0.39 is 27.6 Å². The maximum Gasteiger partial charge on any atom is 1.00 e. The number of allylic oxidation sites excluding steroid dienone is 3. The molecule has 0 radical (unpaired) electrons. The summed E-state index contributed by atoms with van der Waals surface area (Å²) in [5.41, 5.74) is 22.5. The van der Waals surface area contributed by atoms with E-state index in [1.54, 1.807) is 69.1 Å². The number of thioether (sulfide) groups is 1. The van der Waals surface area contributed by atoms with Crippen molar-refractivity contribution in [3.8, 4) is 0 Å². The van der Waals surface area contributed by atoms with Crippen molar-refractivity contribution in [2.75, 3.05) is 37.8 Å². The first-order chi connectivity index (χ1) is 59.7. The van der Waals surface area contributed by atoms with E-state index in [-0.39, 0.29) is 66.9 Å². The van der Waals surface area contributed by atoms with Crippen molar-refractivity contribution in [1.29, 1.82) is 0 Å². The quantitative estimate of drug-likeness (QED) is 0.00463. The second kappa shape index (κ2) is 52.9. The first kappa shape index (κ1) is 116. The van der Waals surface area contributed by atoms with Crippen molar-refractivity contribution >= 4 is 143 Å². The number of nitrogens with two attached hydrogens (primary N) is 1. The number of fused-ring (bicyclic) bond motifs is 3. The molecular formula is C108H142BrClLiN5O10S4. The minimum atomic E-state index is -0.870. The zero-order chi connectivity index (χ0) is 94.9. The number of nitrogens with one attached hydrogen (secondary N) is 2. The van der Waals surface area contributed by atoms with Gasteiger partial charge in [-0.15, -0.1) is 43.9 Å². The van der Waals surface area contributed by atoms with Gasteiger partial charge in [-0.2, -0.15) is 0 Å². The average Bonchev–Trinajstić information content (AvgIpc) is 1.61. The largest absolute Gasteiger partial charge is 1.00 e. The number of aromatic amines is 1. The van der Waals surface area contributed by atoms with Crippen LogP contribution >= 0.6 is 75.4 Å². The van der Waals surface area contributed by atoms with Gasteiger partial charge in [0.2, 0.25) is 0 Å². The molecule has 0 bridgehead atoms. The predicted molar refractivity (Wildman–Crippen MR) is 553 cm³/mol. The number of carboxylic acid groups (broad SMARTS) is 1. The number of aliphatic carboxylic acids is 1. The maximum absolute atomic E-state index is 12.6. The van der Waals surface area contributed by atoms with Crippen LogP contribution < -0.4 is 30.1 Å². The zero-order valence-corrected chi connectivity index (χ0v) is 88.0. The number of aromatic nitrogens is 3. The number of nitrogen functional groups attached to an aromatic ring is 1. The van der Waals surface area contributed by atoms with Gasteiger partial charge in [0.1, 0.15) is 5.78 Å². The number of nitrogens with zero attached hydrogens (tertiary/aromatic N) is 2. The number of ketones is 1. The van der Waals surface area contributed by atoms with Gasteiger partial charge in [-0.25, -0.2) is 0 Å². The number of anilines is 1. The third-order valence-electron chi connectivity index (χ3n) is 22.3. The number of methoxy groups -OCH3 is 3. The molecule has 0 unspecified atom stereocenters. The Bertz CT molecular complexity index is 5660. The zero-order valence-electron chi connectivity index (χ0n) is 82.3. The number of halogens is 2. The summed E-state index contributed by atoms with van der Waals surface area (Å²) in [5, 5.41) is 14.4. The summed E-state index contributed by atoms with van der Waals surface area (Å²) in [6.07, 6.45) is 7.45. The third kappa shape index (κ3) is 32.2. The third-order valence-corrected chi connectivity index (χ3v) is 27.9. The van der Waals surface area contributed by atoms with Gasteiger partial charge in [0.05, 0.1) is 48.7 Å². The molecule has 0 spiro atoms. The van der Waals surface area contributed by atoms with Crippen LogP contribution in [0.4, 0.5) is 5.69 Å². The smallest absolute Gasteiger partial charge is 0.870 e. The number of ether oxygens (including phenoxy) is 3. The van der Waals surface area contributed by atoms with Crippen molar-refractivity contribution in [2.45, 2.75) is 263 Å². The summed E-state index contributed by atoms with van der Waals surface area (Å²) >= 11 is 10.0. The number of aryl methyl sites for hydroxylation is 8. The fraction of sp³-hybridized carbons (Fsp3) is 0.398. The number of benzene rings is 8. The van der Waals surface area contributed by atoms with Crippen LogP contribution in [0.3, 0.4) is 0 Å². The van der Waals surface area contributed by atoms with Crippen molar-refractivity contribution < 1.29 is 67.6 Å². The number of rotatable bonds is 31. The molecule has 8 aromatic carbocycles. The van der Waals surface area contributed by atoms with E-state index >= 15 is 0 Å². The van der Waals surface area contributed by atoms with E-state index in [0.717, 1.165) is 48.9 Å². The summed E-state index contributed by atoms with van der Waals surface area (Å²) in [6, 6.07) is 54.0. The molecule has 11 aromatic rings. The summed E-state index contributed by atoms with van der Waals surface area (Å²) < 4.78 is 19.4.